The fourth-order valence-corrected chi connectivity index (χ4v) is 4.22. The number of ether oxygens (including phenoxy) is 1. The van der Waals surface area contributed by atoms with Gasteiger partial charge in [0.2, 0.25) is 0 Å². The molecule has 1 heterocycles. The molecule has 1 N–H and O–H groups in total. The number of benzene rings is 2. The third kappa shape index (κ3) is 5.14. The summed E-state index contributed by atoms with van der Waals surface area (Å²) in [5.74, 6) is -0.911. The van der Waals surface area contributed by atoms with E-state index in [0.29, 0.717) is 10.5 Å². The van der Waals surface area contributed by atoms with E-state index in [2.05, 4.69) is 10.4 Å². The number of nitrogens with zero attached hydrogens (tertiary/aromatic N) is 2. The fourth-order valence-electron chi connectivity index (χ4n) is 3.20. The lowest BCUT2D eigenvalue weighted by Gasteiger charge is -2.17. The van der Waals surface area contributed by atoms with Crippen molar-refractivity contribution in [2.75, 3.05) is 7.11 Å². The Balaban J connectivity index is 1.77. The van der Waals surface area contributed by atoms with Crippen LogP contribution in [0.25, 0.3) is 5.69 Å². The first-order valence-electron chi connectivity index (χ1n) is 9.76. The summed E-state index contributed by atoms with van der Waals surface area (Å²) >= 11 is 1.28. The van der Waals surface area contributed by atoms with E-state index in [1.807, 2.05) is 26.0 Å². The van der Waals surface area contributed by atoms with Gasteiger partial charge in [-0.1, -0.05) is 12.1 Å². The molecule has 162 valence electrons. The Kier molecular flexibility index (Phi) is 7.12. The smallest absolute Gasteiger partial charge is 0.318 e. The number of hydrogen-bond acceptors (Lipinski definition) is 5. The van der Waals surface area contributed by atoms with Crippen LogP contribution in [0.2, 0.25) is 0 Å². The molecule has 0 spiro atoms. The molecule has 0 aliphatic rings. The minimum Gasteiger partial charge on any atom is -0.468 e. The van der Waals surface area contributed by atoms with Crippen LogP contribution in [0, 0.1) is 12.7 Å². The van der Waals surface area contributed by atoms with Gasteiger partial charge in [-0.25, -0.2) is 9.07 Å². The predicted octanol–water partition coefficient (Wildman–Crippen LogP) is 4.46. The van der Waals surface area contributed by atoms with E-state index < -0.39 is 5.25 Å². The molecule has 3 aromatic rings. The van der Waals surface area contributed by atoms with Crippen LogP contribution in [0.5, 0.6) is 0 Å². The van der Waals surface area contributed by atoms with Crippen molar-refractivity contribution in [1.82, 2.24) is 15.1 Å². The van der Waals surface area contributed by atoms with E-state index in [-0.39, 0.29) is 23.7 Å². The molecule has 1 amide bonds. The molecule has 0 aliphatic carbocycles. The Morgan fingerprint density at radius 3 is 2.48 bits per heavy atom. The van der Waals surface area contributed by atoms with Gasteiger partial charge in [-0.15, -0.1) is 11.8 Å². The number of carbonyl (C=O) groups is 2. The molecule has 2 unspecified atom stereocenters. The highest BCUT2D eigenvalue weighted by atomic mass is 32.2. The van der Waals surface area contributed by atoms with Crippen molar-refractivity contribution >= 4 is 23.6 Å². The van der Waals surface area contributed by atoms with Crippen LogP contribution in [0.15, 0.2) is 59.6 Å². The molecule has 0 aliphatic heterocycles. The average Bonchev–Trinajstić information content (AvgIpc) is 3.15. The van der Waals surface area contributed by atoms with Crippen molar-refractivity contribution in [1.29, 1.82) is 0 Å². The molecule has 0 fully saturated rings. The number of amides is 1. The van der Waals surface area contributed by atoms with E-state index in [1.165, 1.54) is 31.0 Å². The van der Waals surface area contributed by atoms with Crippen LogP contribution < -0.4 is 5.32 Å². The second-order valence-electron chi connectivity index (χ2n) is 7.05. The van der Waals surface area contributed by atoms with Crippen LogP contribution in [0.1, 0.15) is 41.5 Å². The monoisotopic (exact) mass is 441 g/mol. The highest BCUT2D eigenvalue weighted by Crippen LogP contribution is 2.28. The zero-order valence-corrected chi connectivity index (χ0v) is 18.6. The van der Waals surface area contributed by atoms with Gasteiger partial charge in [-0.05, 0) is 57.2 Å². The molecular weight excluding hydrogens is 417 g/mol. The van der Waals surface area contributed by atoms with Crippen LogP contribution in [0.3, 0.4) is 0 Å². The van der Waals surface area contributed by atoms with Gasteiger partial charge >= 0.3 is 5.97 Å². The molecule has 0 saturated carbocycles. The van der Waals surface area contributed by atoms with Gasteiger partial charge in [-0.2, -0.15) is 5.10 Å². The molecule has 31 heavy (non-hydrogen) atoms. The highest BCUT2D eigenvalue weighted by molar-refractivity contribution is 8.00. The Morgan fingerprint density at radius 2 is 1.81 bits per heavy atom. The summed E-state index contributed by atoms with van der Waals surface area (Å²) in [6.45, 7) is 5.51. The fraction of sp³-hybridized carbons (Fsp3) is 0.261. The van der Waals surface area contributed by atoms with Gasteiger partial charge in [-0.3, -0.25) is 9.59 Å². The summed E-state index contributed by atoms with van der Waals surface area (Å²) in [6, 6.07) is 12.9. The molecule has 8 heteroatoms. The Hall–Kier alpha value is -3.13. The Bertz CT molecular complexity index is 1080. The molecule has 6 nitrogen and oxygen atoms in total. The summed E-state index contributed by atoms with van der Waals surface area (Å²) in [5.41, 5.74) is 2.92. The van der Waals surface area contributed by atoms with Gasteiger partial charge < -0.3 is 10.1 Å². The molecule has 2 aromatic carbocycles. The number of halogens is 1. The minimum atomic E-state index is -0.437. The zero-order valence-electron chi connectivity index (χ0n) is 17.8. The Morgan fingerprint density at radius 1 is 1.13 bits per heavy atom. The van der Waals surface area contributed by atoms with Gasteiger partial charge in [0.15, 0.2) is 0 Å². The Labute approximate surface area is 184 Å². The van der Waals surface area contributed by atoms with Gasteiger partial charge in [0.1, 0.15) is 11.1 Å². The third-order valence-electron chi connectivity index (χ3n) is 4.90. The van der Waals surface area contributed by atoms with Crippen LogP contribution in [-0.4, -0.2) is 34.0 Å². The standard InChI is InChI=1S/C23H24FN3O3S/c1-14(20-13-25-27(15(20)2)18-11-9-17(24)10-12-18)26-22(28)19-7-5-6-8-21(19)31-16(3)23(29)30-4/h5-14,16H,1-4H3,(H,26,28). The number of aromatic nitrogens is 2. The van der Waals surface area contributed by atoms with Crippen molar-refractivity contribution in [2.45, 2.75) is 37.0 Å². The first-order chi connectivity index (χ1) is 14.8. The minimum absolute atomic E-state index is 0.249. The largest absolute Gasteiger partial charge is 0.468 e. The normalized spacial score (nSPS) is 12.8. The van der Waals surface area contributed by atoms with Gasteiger partial charge in [0, 0.05) is 16.2 Å². The van der Waals surface area contributed by atoms with E-state index in [9.17, 15) is 14.0 Å². The van der Waals surface area contributed by atoms with Gasteiger partial charge in [0.05, 0.1) is 30.6 Å². The van der Waals surface area contributed by atoms with Crippen LogP contribution in [0.4, 0.5) is 4.39 Å². The van der Waals surface area contributed by atoms with Crippen molar-refractivity contribution < 1.29 is 18.7 Å². The topological polar surface area (TPSA) is 73.2 Å². The maximum atomic E-state index is 13.2. The van der Waals surface area contributed by atoms with Crippen molar-refractivity contribution in [3.63, 3.8) is 0 Å². The summed E-state index contributed by atoms with van der Waals surface area (Å²) in [7, 11) is 1.34. The lowest BCUT2D eigenvalue weighted by molar-refractivity contribution is -0.139. The van der Waals surface area contributed by atoms with E-state index in [4.69, 9.17) is 4.74 Å². The first kappa shape index (κ1) is 22.6. The van der Waals surface area contributed by atoms with Crippen LogP contribution in [-0.2, 0) is 9.53 Å². The second-order valence-corrected chi connectivity index (χ2v) is 8.43. The van der Waals surface area contributed by atoms with E-state index in [0.717, 1.165) is 16.9 Å². The molecule has 1 aromatic heterocycles. The first-order valence-corrected chi connectivity index (χ1v) is 10.6. The zero-order chi connectivity index (χ0) is 22.5. The maximum absolute atomic E-state index is 13.2. The second kappa shape index (κ2) is 9.78. The van der Waals surface area contributed by atoms with Crippen molar-refractivity contribution in [2.24, 2.45) is 0 Å². The van der Waals surface area contributed by atoms with E-state index >= 15 is 0 Å². The number of esters is 1. The van der Waals surface area contributed by atoms with Crippen molar-refractivity contribution in [3.05, 3.63) is 77.4 Å². The molecule has 0 saturated heterocycles. The number of methoxy groups -OCH3 is 1. The van der Waals surface area contributed by atoms with E-state index in [1.54, 1.807) is 42.1 Å². The molecule has 0 radical (unpaired) electrons. The predicted molar refractivity (Wildman–Crippen MR) is 118 cm³/mol. The highest BCUT2D eigenvalue weighted by Gasteiger charge is 2.21. The lowest BCUT2D eigenvalue weighted by Crippen LogP contribution is -2.27. The number of carbonyl (C=O) groups excluding carboxylic acids is 2. The molecule has 2 atom stereocenters. The SMILES string of the molecule is COC(=O)C(C)Sc1ccccc1C(=O)NC(C)c1cnn(-c2ccc(F)cc2)c1C. The summed E-state index contributed by atoms with van der Waals surface area (Å²) in [5, 5.41) is 6.95. The quantitative estimate of drug-likeness (QED) is 0.433. The summed E-state index contributed by atoms with van der Waals surface area (Å²) < 4.78 is 19.7. The lowest BCUT2D eigenvalue weighted by atomic mass is 10.1. The molecular formula is C23H24FN3O3S. The maximum Gasteiger partial charge on any atom is 0.318 e. The third-order valence-corrected chi connectivity index (χ3v) is 6.06. The molecule has 0 bridgehead atoms. The number of nitrogens with one attached hydrogen (secondary N) is 1. The average molecular weight is 442 g/mol. The van der Waals surface area contributed by atoms with Crippen molar-refractivity contribution in [3.8, 4) is 5.69 Å². The number of thioether (sulfide) groups is 1. The molecule has 3 rings (SSSR count). The van der Waals surface area contributed by atoms with Crippen LogP contribution >= 0.6 is 11.8 Å². The number of hydrogen-bond donors (Lipinski definition) is 1. The summed E-state index contributed by atoms with van der Waals surface area (Å²) in [6.07, 6.45) is 1.70. The van der Waals surface area contributed by atoms with Gasteiger partial charge in [0.25, 0.3) is 5.91 Å². The number of rotatable bonds is 7. The summed E-state index contributed by atoms with van der Waals surface area (Å²) in [4.78, 5) is 25.4.